The van der Waals surface area contributed by atoms with Crippen molar-refractivity contribution < 1.29 is 9.59 Å². The molecule has 4 nitrogen and oxygen atoms in total. The fourth-order valence-corrected chi connectivity index (χ4v) is 1.48. The molecule has 0 heterocycles. The lowest BCUT2D eigenvalue weighted by Gasteiger charge is -2.24. The number of hydrogen-bond acceptors (Lipinski definition) is 2. The van der Waals surface area contributed by atoms with E-state index in [1.54, 1.807) is 23.9 Å². The first-order chi connectivity index (χ1) is 7.75. The zero-order valence-corrected chi connectivity index (χ0v) is 12.0. The van der Waals surface area contributed by atoms with Crippen LogP contribution < -0.4 is 0 Å². The van der Waals surface area contributed by atoms with Crippen LogP contribution in [-0.2, 0) is 9.59 Å². The van der Waals surface area contributed by atoms with E-state index >= 15 is 0 Å². The van der Waals surface area contributed by atoms with E-state index in [1.807, 2.05) is 27.7 Å². The van der Waals surface area contributed by atoms with E-state index < -0.39 is 0 Å². The largest absolute Gasteiger partial charge is 0.344 e. The summed E-state index contributed by atoms with van der Waals surface area (Å²) in [6.07, 6.45) is 0.568. The number of nitrogens with zero attached hydrogens (tertiary/aromatic N) is 2. The van der Waals surface area contributed by atoms with Gasteiger partial charge >= 0.3 is 0 Å². The standard InChI is InChI=1S/C13H26N2O2/c1-10(2)9-12(16)14(5)7-8-15(6)13(17)11(3)4/h10-11H,7-9H2,1-6H3. The van der Waals surface area contributed by atoms with Crippen LogP contribution in [0.4, 0.5) is 0 Å². The minimum absolute atomic E-state index is 0.0108. The molecular formula is C13H26N2O2. The molecule has 0 saturated heterocycles. The number of hydrogen-bond donors (Lipinski definition) is 0. The Hall–Kier alpha value is -1.06. The van der Waals surface area contributed by atoms with Crippen LogP contribution in [0.2, 0.25) is 0 Å². The maximum Gasteiger partial charge on any atom is 0.224 e. The molecule has 0 aliphatic rings. The summed E-state index contributed by atoms with van der Waals surface area (Å²) in [5.74, 6) is 0.650. The summed E-state index contributed by atoms with van der Waals surface area (Å²) in [6.45, 7) is 9.01. The third kappa shape index (κ3) is 6.29. The molecule has 100 valence electrons. The Morgan fingerprint density at radius 1 is 0.941 bits per heavy atom. The average Bonchev–Trinajstić information content (AvgIpc) is 2.22. The van der Waals surface area contributed by atoms with Gasteiger partial charge in [-0.3, -0.25) is 9.59 Å². The molecule has 2 amide bonds. The summed E-state index contributed by atoms with van der Waals surface area (Å²) >= 11 is 0. The van der Waals surface area contributed by atoms with Crippen molar-refractivity contribution >= 4 is 11.8 Å². The lowest BCUT2D eigenvalue weighted by Crippen LogP contribution is -2.39. The number of amides is 2. The first-order valence-corrected chi connectivity index (χ1v) is 6.24. The molecular weight excluding hydrogens is 216 g/mol. The number of rotatable bonds is 6. The molecule has 0 unspecified atom stereocenters. The SMILES string of the molecule is CC(C)CC(=O)N(C)CCN(C)C(=O)C(C)C. The Bertz CT molecular complexity index is 262. The summed E-state index contributed by atoms with van der Waals surface area (Å²) in [7, 11) is 3.57. The van der Waals surface area contributed by atoms with Crippen molar-refractivity contribution in [3.63, 3.8) is 0 Å². The van der Waals surface area contributed by atoms with E-state index in [2.05, 4.69) is 0 Å². The average molecular weight is 242 g/mol. The van der Waals surface area contributed by atoms with Gasteiger partial charge in [-0.15, -0.1) is 0 Å². The van der Waals surface area contributed by atoms with Crippen LogP contribution in [0, 0.1) is 11.8 Å². The fourth-order valence-electron chi connectivity index (χ4n) is 1.48. The quantitative estimate of drug-likeness (QED) is 0.710. The van der Waals surface area contributed by atoms with Crippen LogP contribution in [0.25, 0.3) is 0 Å². The number of carbonyl (C=O) groups excluding carboxylic acids is 2. The first-order valence-electron chi connectivity index (χ1n) is 6.24. The highest BCUT2D eigenvalue weighted by Crippen LogP contribution is 2.03. The molecule has 0 saturated carbocycles. The normalized spacial score (nSPS) is 10.8. The van der Waals surface area contributed by atoms with Gasteiger partial charge in [0, 0.05) is 39.5 Å². The summed E-state index contributed by atoms with van der Waals surface area (Å²) < 4.78 is 0. The minimum Gasteiger partial charge on any atom is -0.344 e. The Kier molecular flexibility index (Phi) is 6.85. The Labute approximate surface area is 105 Å². The van der Waals surface area contributed by atoms with Gasteiger partial charge in [-0.05, 0) is 5.92 Å². The van der Waals surface area contributed by atoms with Gasteiger partial charge in [0.15, 0.2) is 0 Å². The smallest absolute Gasteiger partial charge is 0.224 e. The first kappa shape index (κ1) is 15.9. The molecule has 0 rings (SSSR count). The van der Waals surface area contributed by atoms with Gasteiger partial charge in [-0.2, -0.15) is 0 Å². The third-order valence-corrected chi connectivity index (χ3v) is 2.65. The predicted octanol–water partition coefficient (Wildman–Crippen LogP) is 1.61. The van der Waals surface area contributed by atoms with Gasteiger partial charge in [0.2, 0.25) is 11.8 Å². The third-order valence-electron chi connectivity index (χ3n) is 2.65. The lowest BCUT2D eigenvalue weighted by atomic mass is 10.1. The Morgan fingerprint density at radius 3 is 1.82 bits per heavy atom. The molecule has 17 heavy (non-hydrogen) atoms. The highest BCUT2D eigenvalue weighted by atomic mass is 16.2. The lowest BCUT2D eigenvalue weighted by molar-refractivity contribution is -0.135. The molecule has 0 aromatic heterocycles. The van der Waals surface area contributed by atoms with Crippen molar-refractivity contribution in [3.05, 3.63) is 0 Å². The van der Waals surface area contributed by atoms with Gasteiger partial charge in [0.05, 0.1) is 0 Å². The van der Waals surface area contributed by atoms with Crippen LogP contribution in [0.15, 0.2) is 0 Å². The van der Waals surface area contributed by atoms with Gasteiger partial charge in [0.1, 0.15) is 0 Å². The van der Waals surface area contributed by atoms with E-state index in [0.29, 0.717) is 25.4 Å². The van der Waals surface area contributed by atoms with Gasteiger partial charge in [-0.1, -0.05) is 27.7 Å². The molecule has 0 aliphatic heterocycles. The Morgan fingerprint density at radius 2 is 1.41 bits per heavy atom. The molecule has 0 aromatic rings. The second-order valence-electron chi connectivity index (χ2n) is 5.33. The van der Waals surface area contributed by atoms with E-state index in [9.17, 15) is 9.59 Å². The zero-order chi connectivity index (χ0) is 13.6. The molecule has 0 N–H and O–H groups in total. The molecule has 0 fully saturated rings. The van der Waals surface area contributed by atoms with Crippen LogP contribution in [0.1, 0.15) is 34.1 Å². The summed E-state index contributed by atoms with van der Waals surface area (Å²) in [5.41, 5.74) is 0. The summed E-state index contributed by atoms with van der Waals surface area (Å²) in [6, 6.07) is 0. The van der Waals surface area contributed by atoms with Crippen molar-refractivity contribution in [3.8, 4) is 0 Å². The molecule has 0 aliphatic carbocycles. The van der Waals surface area contributed by atoms with Crippen LogP contribution >= 0.6 is 0 Å². The topological polar surface area (TPSA) is 40.6 Å². The monoisotopic (exact) mass is 242 g/mol. The van der Waals surface area contributed by atoms with Gasteiger partial charge in [-0.25, -0.2) is 0 Å². The number of likely N-dealkylation sites (N-methyl/N-ethyl adjacent to an activating group) is 2. The van der Waals surface area contributed by atoms with E-state index in [4.69, 9.17) is 0 Å². The van der Waals surface area contributed by atoms with Crippen molar-refractivity contribution in [2.24, 2.45) is 11.8 Å². The zero-order valence-electron chi connectivity index (χ0n) is 12.0. The van der Waals surface area contributed by atoms with E-state index in [0.717, 1.165) is 0 Å². The van der Waals surface area contributed by atoms with E-state index in [1.165, 1.54) is 0 Å². The van der Waals surface area contributed by atoms with Crippen molar-refractivity contribution in [1.82, 2.24) is 9.80 Å². The van der Waals surface area contributed by atoms with Gasteiger partial charge < -0.3 is 9.80 Å². The van der Waals surface area contributed by atoms with Crippen LogP contribution in [-0.4, -0.2) is 48.8 Å². The summed E-state index contributed by atoms with van der Waals surface area (Å²) in [4.78, 5) is 26.7. The van der Waals surface area contributed by atoms with Crippen molar-refractivity contribution in [1.29, 1.82) is 0 Å². The minimum atomic E-state index is 0.0108. The molecule has 0 atom stereocenters. The highest BCUT2D eigenvalue weighted by molar-refractivity contribution is 5.78. The molecule has 4 heteroatoms. The second kappa shape index (κ2) is 7.30. The highest BCUT2D eigenvalue weighted by Gasteiger charge is 2.15. The molecule has 0 spiro atoms. The van der Waals surface area contributed by atoms with E-state index in [-0.39, 0.29) is 17.7 Å². The number of carbonyl (C=O) groups is 2. The maximum absolute atomic E-state index is 11.7. The molecule has 0 bridgehead atoms. The van der Waals surface area contributed by atoms with Crippen molar-refractivity contribution in [2.45, 2.75) is 34.1 Å². The van der Waals surface area contributed by atoms with Gasteiger partial charge in [0.25, 0.3) is 0 Å². The predicted molar refractivity (Wildman–Crippen MR) is 69.6 cm³/mol. The molecule has 0 radical (unpaired) electrons. The fraction of sp³-hybridized carbons (Fsp3) is 0.846. The second-order valence-corrected chi connectivity index (χ2v) is 5.33. The summed E-state index contributed by atoms with van der Waals surface area (Å²) in [5, 5.41) is 0. The van der Waals surface area contributed by atoms with Crippen LogP contribution in [0.5, 0.6) is 0 Å². The molecule has 0 aromatic carbocycles. The maximum atomic E-state index is 11.7. The van der Waals surface area contributed by atoms with Crippen molar-refractivity contribution in [2.75, 3.05) is 27.2 Å². The van der Waals surface area contributed by atoms with Crippen LogP contribution in [0.3, 0.4) is 0 Å². The Balaban J connectivity index is 4.03.